The zero-order valence-corrected chi connectivity index (χ0v) is 11.1. The van der Waals surface area contributed by atoms with E-state index < -0.39 is 0 Å². The van der Waals surface area contributed by atoms with Gasteiger partial charge in [-0.25, -0.2) is 0 Å². The fourth-order valence-electron chi connectivity index (χ4n) is 2.60. The third-order valence-electron chi connectivity index (χ3n) is 3.74. The molecule has 1 aromatic rings. The first-order valence-corrected chi connectivity index (χ1v) is 6.92. The second-order valence-corrected chi connectivity index (χ2v) is 5.00. The molecule has 0 aliphatic heterocycles. The standard InChI is InChI=1S/C13H23N3O2/c1-2-12-15-16-13(18-12)9-17-8-11-6-4-3-5-10(11)7-14/h10-11H,2-9,14H2,1H3. The van der Waals surface area contributed by atoms with Crippen LogP contribution in [0.3, 0.4) is 0 Å². The lowest BCUT2D eigenvalue weighted by molar-refractivity contribution is 0.0406. The highest BCUT2D eigenvalue weighted by atomic mass is 16.5. The highest BCUT2D eigenvalue weighted by Gasteiger charge is 2.24. The van der Waals surface area contributed by atoms with Crippen molar-refractivity contribution in [1.29, 1.82) is 0 Å². The van der Waals surface area contributed by atoms with Gasteiger partial charge in [0.15, 0.2) is 0 Å². The first-order chi connectivity index (χ1) is 8.83. The molecule has 18 heavy (non-hydrogen) atoms. The quantitative estimate of drug-likeness (QED) is 0.838. The number of ether oxygens (including phenoxy) is 1. The van der Waals surface area contributed by atoms with E-state index in [-0.39, 0.29) is 0 Å². The Labute approximate surface area is 108 Å². The molecule has 2 rings (SSSR count). The van der Waals surface area contributed by atoms with Crippen LogP contribution in [0.4, 0.5) is 0 Å². The number of hydrogen-bond acceptors (Lipinski definition) is 5. The lowest BCUT2D eigenvalue weighted by Gasteiger charge is -2.30. The number of hydrogen-bond donors (Lipinski definition) is 1. The highest BCUT2D eigenvalue weighted by molar-refractivity contribution is 4.80. The van der Waals surface area contributed by atoms with E-state index in [4.69, 9.17) is 14.9 Å². The van der Waals surface area contributed by atoms with Crippen molar-refractivity contribution in [3.8, 4) is 0 Å². The van der Waals surface area contributed by atoms with E-state index in [1.54, 1.807) is 0 Å². The maximum atomic E-state index is 5.80. The van der Waals surface area contributed by atoms with Crippen LogP contribution in [-0.4, -0.2) is 23.3 Å². The molecule has 1 saturated carbocycles. The smallest absolute Gasteiger partial charge is 0.242 e. The van der Waals surface area contributed by atoms with Gasteiger partial charge in [-0.2, -0.15) is 0 Å². The summed E-state index contributed by atoms with van der Waals surface area (Å²) in [6.45, 7) is 3.94. The van der Waals surface area contributed by atoms with E-state index in [9.17, 15) is 0 Å². The summed E-state index contributed by atoms with van der Waals surface area (Å²) >= 11 is 0. The van der Waals surface area contributed by atoms with Gasteiger partial charge in [0.25, 0.3) is 0 Å². The summed E-state index contributed by atoms with van der Waals surface area (Å²) in [5.74, 6) is 2.46. The molecule has 102 valence electrons. The molecule has 2 atom stereocenters. The van der Waals surface area contributed by atoms with Crippen molar-refractivity contribution >= 4 is 0 Å². The van der Waals surface area contributed by atoms with Crippen molar-refractivity contribution < 1.29 is 9.15 Å². The molecule has 2 N–H and O–H groups in total. The van der Waals surface area contributed by atoms with Crippen molar-refractivity contribution in [2.24, 2.45) is 17.6 Å². The molecule has 1 aliphatic carbocycles. The number of nitrogens with two attached hydrogens (primary N) is 1. The van der Waals surface area contributed by atoms with E-state index in [1.165, 1.54) is 25.7 Å². The lowest BCUT2D eigenvalue weighted by atomic mass is 9.80. The molecule has 5 heteroatoms. The van der Waals surface area contributed by atoms with Crippen molar-refractivity contribution in [3.63, 3.8) is 0 Å². The fraction of sp³-hybridized carbons (Fsp3) is 0.846. The average molecular weight is 253 g/mol. The molecular formula is C13H23N3O2. The van der Waals surface area contributed by atoms with Gasteiger partial charge in [0.1, 0.15) is 6.61 Å². The third-order valence-corrected chi connectivity index (χ3v) is 3.74. The largest absolute Gasteiger partial charge is 0.423 e. The van der Waals surface area contributed by atoms with Crippen LogP contribution in [-0.2, 0) is 17.8 Å². The zero-order valence-electron chi connectivity index (χ0n) is 11.1. The molecule has 1 heterocycles. The fourth-order valence-corrected chi connectivity index (χ4v) is 2.60. The average Bonchev–Trinajstić information content (AvgIpc) is 2.87. The summed E-state index contributed by atoms with van der Waals surface area (Å²) < 4.78 is 11.1. The summed E-state index contributed by atoms with van der Waals surface area (Å²) in [6, 6.07) is 0. The Morgan fingerprint density at radius 2 is 1.94 bits per heavy atom. The molecule has 1 aromatic heterocycles. The molecular weight excluding hydrogens is 230 g/mol. The number of rotatable bonds is 6. The summed E-state index contributed by atoms with van der Waals surface area (Å²) in [5.41, 5.74) is 5.80. The van der Waals surface area contributed by atoms with E-state index in [1.807, 2.05) is 6.92 Å². The van der Waals surface area contributed by atoms with Gasteiger partial charge >= 0.3 is 0 Å². The Bertz CT molecular complexity index is 354. The molecule has 0 spiro atoms. The predicted molar refractivity (Wildman–Crippen MR) is 67.8 cm³/mol. The lowest BCUT2D eigenvalue weighted by Crippen LogP contribution is -2.29. The van der Waals surface area contributed by atoms with Crippen molar-refractivity contribution in [1.82, 2.24) is 10.2 Å². The SMILES string of the molecule is CCc1nnc(COCC2CCCCC2CN)o1. The molecule has 1 aliphatic rings. The minimum atomic E-state index is 0.417. The summed E-state index contributed by atoms with van der Waals surface area (Å²) in [6.07, 6.45) is 5.84. The van der Waals surface area contributed by atoms with Gasteiger partial charge in [0.05, 0.1) is 6.61 Å². The van der Waals surface area contributed by atoms with Gasteiger partial charge in [-0.05, 0) is 31.2 Å². The van der Waals surface area contributed by atoms with Crippen LogP contribution in [0.15, 0.2) is 4.42 Å². The molecule has 0 amide bonds. The molecule has 0 saturated heterocycles. The Balaban J connectivity index is 1.73. The van der Waals surface area contributed by atoms with E-state index in [2.05, 4.69) is 10.2 Å². The number of nitrogens with zero attached hydrogens (tertiary/aromatic N) is 2. The van der Waals surface area contributed by atoms with Crippen molar-refractivity contribution in [2.75, 3.05) is 13.2 Å². The third kappa shape index (κ3) is 3.53. The Hall–Kier alpha value is -0.940. The second kappa shape index (κ2) is 6.85. The number of aryl methyl sites for hydroxylation is 1. The Morgan fingerprint density at radius 1 is 1.22 bits per heavy atom. The number of aromatic nitrogens is 2. The van der Waals surface area contributed by atoms with Crippen molar-refractivity contribution in [2.45, 2.75) is 45.6 Å². The summed E-state index contributed by atoms with van der Waals surface area (Å²) in [4.78, 5) is 0. The Kier molecular flexibility index (Phi) is 5.13. The van der Waals surface area contributed by atoms with Gasteiger partial charge in [0, 0.05) is 6.42 Å². The van der Waals surface area contributed by atoms with Crippen molar-refractivity contribution in [3.05, 3.63) is 11.8 Å². The van der Waals surface area contributed by atoms with Crippen LogP contribution in [0.5, 0.6) is 0 Å². The van der Waals surface area contributed by atoms with Gasteiger partial charge in [-0.15, -0.1) is 10.2 Å². The Morgan fingerprint density at radius 3 is 2.61 bits per heavy atom. The summed E-state index contributed by atoms with van der Waals surface area (Å²) in [5, 5.41) is 7.86. The molecule has 5 nitrogen and oxygen atoms in total. The van der Waals surface area contributed by atoms with E-state index >= 15 is 0 Å². The van der Waals surface area contributed by atoms with Crippen LogP contribution < -0.4 is 5.73 Å². The highest BCUT2D eigenvalue weighted by Crippen LogP contribution is 2.29. The molecule has 0 bridgehead atoms. The first-order valence-electron chi connectivity index (χ1n) is 6.92. The predicted octanol–water partition coefficient (Wildman–Crippen LogP) is 1.91. The molecule has 1 fully saturated rings. The normalized spacial score (nSPS) is 24.3. The monoisotopic (exact) mass is 253 g/mol. The van der Waals surface area contributed by atoms with Gasteiger partial charge in [-0.1, -0.05) is 19.8 Å². The first kappa shape index (κ1) is 13.5. The zero-order chi connectivity index (χ0) is 12.8. The van der Waals surface area contributed by atoms with E-state index in [0.29, 0.717) is 30.2 Å². The van der Waals surface area contributed by atoms with Crippen LogP contribution in [0.1, 0.15) is 44.4 Å². The molecule has 2 unspecified atom stereocenters. The molecule has 0 aromatic carbocycles. The second-order valence-electron chi connectivity index (χ2n) is 5.00. The van der Waals surface area contributed by atoms with Gasteiger partial charge in [0.2, 0.25) is 11.8 Å². The topological polar surface area (TPSA) is 74.2 Å². The minimum absolute atomic E-state index is 0.417. The van der Waals surface area contributed by atoms with Crippen LogP contribution >= 0.6 is 0 Å². The summed E-state index contributed by atoms with van der Waals surface area (Å²) in [7, 11) is 0. The maximum Gasteiger partial charge on any atom is 0.242 e. The van der Waals surface area contributed by atoms with Crippen LogP contribution in [0.25, 0.3) is 0 Å². The molecule has 0 radical (unpaired) electrons. The van der Waals surface area contributed by atoms with Gasteiger partial charge < -0.3 is 14.9 Å². The van der Waals surface area contributed by atoms with Crippen LogP contribution in [0, 0.1) is 11.8 Å². The maximum absolute atomic E-state index is 5.80. The van der Waals surface area contributed by atoms with Gasteiger partial charge in [-0.3, -0.25) is 0 Å². The minimum Gasteiger partial charge on any atom is -0.423 e. The van der Waals surface area contributed by atoms with Crippen LogP contribution in [0.2, 0.25) is 0 Å². The van der Waals surface area contributed by atoms with E-state index in [0.717, 1.165) is 19.6 Å².